The van der Waals surface area contributed by atoms with Crippen LogP contribution in [0, 0.1) is 5.82 Å². The molecular weight excluding hydrogens is 471 g/mol. The van der Waals surface area contributed by atoms with E-state index in [4.69, 9.17) is 21.1 Å². The average Bonchev–Trinajstić information content (AvgIpc) is 2.82. The van der Waals surface area contributed by atoms with Gasteiger partial charge in [0.1, 0.15) is 11.6 Å². The summed E-state index contributed by atoms with van der Waals surface area (Å²) in [5.41, 5.74) is 0.426. The Morgan fingerprint density at radius 2 is 1.76 bits per heavy atom. The number of ether oxygens (including phenoxy) is 2. The molecule has 1 heterocycles. The molecule has 7 nitrogen and oxygen atoms in total. The van der Waals surface area contributed by atoms with Gasteiger partial charge in [-0.1, -0.05) is 17.7 Å². The summed E-state index contributed by atoms with van der Waals surface area (Å²) in [6.45, 7) is 1.09. The predicted molar refractivity (Wildman–Crippen MR) is 122 cm³/mol. The number of amides is 1. The standard InChI is InChI=1S/C23H20ClFN2O5S/c24-17-3-1-2-16(14-17)23(28)26-21-15-20(33(29,30)27-10-12-31-13-11-27)8-9-22(21)32-19-6-4-18(25)5-7-19/h1-9,14-15H,10-13H2,(H,26,28). The van der Waals surface area contributed by atoms with Gasteiger partial charge in [-0.25, -0.2) is 12.8 Å². The van der Waals surface area contributed by atoms with Crippen LogP contribution in [0.4, 0.5) is 10.1 Å². The maximum Gasteiger partial charge on any atom is 0.255 e. The zero-order valence-electron chi connectivity index (χ0n) is 17.3. The van der Waals surface area contributed by atoms with Gasteiger partial charge in [0.05, 0.1) is 23.8 Å². The molecule has 33 heavy (non-hydrogen) atoms. The topological polar surface area (TPSA) is 84.9 Å². The molecule has 3 aromatic rings. The Hall–Kier alpha value is -2.98. The summed E-state index contributed by atoms with van der Waals surface area (Å²) in [6.07, 6.45) is 0. The van der Waals surface area contributed by atoms with Crippen LogP contribution in [0.5, 0.6) is 11.5 Å². The van der Waals surface area contributed by atoms with E-state index < -0.39 is 21.7 Å². The first-order valence-corrected chi connectivity index (χ1v) is 11.9. The van der Waals surface area contributed by atoms with Gasteiger partial charge in [0.2, 0.25) is 10.0 Å². The van der Waals surface area contributed by atoms with E-state index in [1.807, 2.05) is 0 Å². The van der Waals surface area contributed by atoms with E-state index in [1.54, 1.807) is 18.2 Å². The third kappa shape index (κ3) is 5.51. The minimum atomic E-state index is -3.81. The number of benzene rings is 3. The number of nitrogens with one attached hydrogen (secondary N) is 1. The van der Waals surface area contributed by atoms with Crippen LogP contribution in [0.1, 0.15) is 10.4 Å². The first-order valence-electron chi connectivity index (χ1n) is 10.1. The SMILES string of the molecule is O=C(Nc1cc(S(=O)(=O)N2CCOCC2)ccc1Oc1ccc(F)cc1)c1cccc(Cl)c1. The lowest BCUT2D eigenvalue weighted by molar-refractivity contribution is 0.0730. The number of rotatable bonds is 6. The lowest BCUT2D eigenvalue weighted by Gasteiger charge is -2.26. The minimum absolute atomic E-state index is 0.00255. The molecule has 1 amide bonds. The van der Waals surface area contributed by atoms with E-state index in [0.717, 1.165) is 0 Å². The second kappa shape index (κ2) is 9.88. The maximum atomic E-state index is 13.3. The number of hydrogen-bond donors (Lipinski definition) is 1. The van der Waals surface area contributed by atoms with Crippen molar-refractivity contribution in [1.82, 2.24) is 4.31 Å². The predicted octanol–water partition coefficient (Wildman–Crippen LogP) is 4.54. The van der Waals surface area contributed by atoms with Crippen LogP contribution >= 0.6 is 11.6 Å². The summed E-state index contributed by atoms with van der Waals surface area (Å²) in [5.74, 6) is -0.414. The maximum absolute atomic E-state index is 13.3. The molecule has 0 saturated carbocycles. The molecule has 1 fully saturated rings. The summed E-state index contributed by atoms with van der Waals surface area (Å²) in [6, 6.07) is 15.8. The molecule has 1 aliphatic heterocycles. The molecule has 1 N–H and O–H groups in total. The molecule has 4 rings (SSSR count). The van der Waals surface area contributed by atoms with Crippen LogP contribution < -0.4 is 10.1 Å². The molecule has 0 unspecified atom stereocenters. The molecule has 3 aromatic carbocycles. The average molecular weight is 491 g/mol. The Kier molecular flexibility index (Phi) is 6.94. The third-order valence-electron chi connectivity index (χ3n) is 4.94. The molecule has 0 atom stereocenters. The summed E-state index contributed by atoms with van der Waals surface area (Å²) in [4.78, 5) is 12.8. The number of nitrogens with zero attached hydrogens (tertiary/aromatic N) is 1. The van der Waals surface area contributed by atoms with Crippen molar-refractivity contribution in [2.45, 2.75) is 4.90 Å². The highest BCUT2D eigenvalue weighted by Gasteiger charge is 2.27. The van der Waals surface area contributed by atoms with Crippen molar-refractivity contribution in [1.29, 1.82) is 0 Å². The van der Waals surface area contributed by atoms with E-state index in [1.165, 1.54) is 52.8 Å². The summed E-state index contributed by atoms with van der Waals surface area (Å²) in [5, 5.41) is 3.08. The van der Waals surface area contributed by atoms with Crippen LogP contribution in [0.15, 0.2) is 71.6 Å². The smallest absolute Gasteiger partial charge is 0.255 e. The van der Waals surface area contributed by atoms with E-state index in [2.05, 4.69) is 5.32 Å². The molecule has 0 bridgehead atoms. The second-order valence-corrected chi connectivity index (χ2v) is 9.57. The van der Waals surface area contributed by atoms with E-state index in [-0.39, 0.29) is 35.0 Å². The number of morpholine rings is 1. The Balaban J connectivity index is 1.69. The highest BCUT2D eigenvalue weighted by Crippen LogP contribution is 2.33. The molecule has 1 aliphatic rings. The fourth-order valence-corrected chi connectivity index (χ4v) is 4.87. The molecule has 1 saturated heterocycles. The first-order chi connectivity index (χ1) is 15.8. The van der Waals surface area contributed by atoms with Crippen molar-refractivity contribution in [2.24, 2.45) is 0 Å². The van der Waals surface area contributed by atoms with Gasteiger partial charge in [0, 0.05) is 23.7 Å². The van der Waals surface area contributed by atoms with Crippen molar-refractivity contribution in [3.8, 4) is 11.5 Å². The molecule has 10 heteroatoms. The van der Waals surface area contributed by atoms with Crippen LogP contribution in [-0.4, -0.2) is 44.9 Å². The van der Waals surface area contributed by atoms with Gasteiger partial charge in [-0.15, -0.1) is 0 Å². The molecule has 0 radical (unpaired) electrons. The Morgan fingerprint density at radius 1 is 1.03 bits per heavy atom. The van der Waals surface area contributed by atoms with Gasteiger partial charge in [0.25, 0.3) is 5.91 Å². The lowest BCUT2D eigenvalue weighted by Crippen LogP contribution is -2.40. The monoisotopic (exact) mass is 490 g/mol. The zero-order valence-corrected chi connectivity index (χ0v) is 18.9. The van der Waals surface area contributed by atoms with Gasteiger partial charge in [-0.05, 0) is 60.7 Å². The quantitative estimate of drug-likeness (QED) is 0.548. The van der Waals surface area contributed by atoms with Crippen LogP contribution in [0.3, 0.4) is 0 Å². The van der Waals surface area contributed by atoms with Gasteiger partial charge < -0.3 is 14.8 Å². The fraction of sp³-hybridized carbons (Fsp3) is 0.174. The zero-order chi connectivity index (χ0) is 23.4. The molecule has 0 aliphatic carbocycles. The normalized spacial score (nSPS) is 14.6. The Bertz CT molecular complexity index is 1260. The van der Waals surface area contributed by atoms with E-state index in [9.17, 15) is 17.6 Å². The van der Waals surface area contributed by atoms with E-state index >= 15 is 0 Å². The number of anilines is 1. The summed E-state index contributed by atoms with van der Waals surface area (Å²) >= 11 is 5.98. The van der Waals surface area contributed by atoms with Gasteiger partial charge in [-0.2, -0.15) is 4.31 Å². The van der Waals surface area contributed by atoms with Gasteiger partial charge >= 0.3 is 0 Å². The molecule has 0 aromatic heterocycles. The van der Waals surface area contributed by atoms with Gasteiger partial charge in [-0.3, -0.25) is 4.79 Å². The second-order valence-electron chi connectivity index (χ2n) is 7.19. The van der Waals surface area contributed by atoms with Crippen LogP contribution in [-0.2, 0) is 14.8 Å². The summed E-state index contributed by atoms with van der Waals surface area (Å²) in [7, 11) is -3.81. The number of carbonyl (C=O) groups excluding carboxylic acids is 1. The van der Waals surface area contributed by atoms with Crippen molar-refractivity contribution in [2.75, 3.05) is 31.6 Å². The number of halogens is 2. The highest BCUT2D eigenvalue weighted by molar-refractivity contribution is 7.89. The van der Waals surface area contributed by atoms with Crippen molar-refractivity contribution >= 4 is 33.2 Å². The Labute approximate surface area is 195 Å². The van der Waals surface area contributed by atoms with Crippen LogP contribution in [0.25, 0.3) is 0 Å². The number of sulfonamides is 1. The van der Waals surface area contributed by atoms with Crippen LogP contribution in [0.2, 0.25) is 5.02 Å². The van der Waals surface area contributed by atoms with Crippen molar-refractivity contribution in [3.63, 3.8) is 0 Å². The molecule has 172 valence electrons. The lowest BCUT2D eigenvalue weighted by atomic mass is 10.2. The van der Waals surface area contributed by atoms with E-state index in [0.29, 0.717) is 24.0 Å². The molecular formula is C23H20ClFN2O5S. The first kappa shape index (κ1) is 23.2. The highest BCUT2D eigenvalue weighted by atomic mass is 35.5. The number of carbonyl (C=O) groups is 1. The summed E-state index contributed by atoms with van der Waals surface area (Å²) < 4.78 is 51.8. The Morgan fingerprint density at radius 3 is 2.45 bits per heavy atom. The van der Waals surface area contributed by atoms with Crippen molar-refractivity contribution < 1.29 is 27.1 Å². The minimum Gasteiger partial charge on any atom is -0.455 e. The number of hydrogen-bond acceptors (Lipinski definition) is 5. The largest absolute Gasteiger partial charge is 0.455 e. The fourth-order valence-electron chi connectivity index (χ4n) is 3.25. The van der Waals surface area contributed by atoms with Crippen molar-refractivity contribution in [3.05, 3.63) is 83.1 Å². The molecule has 0 spiro atoms. The van der Waals surface area contributed by atoms with Gasteiger partial charge in [0.15, 0.2) is 5.75 Å². The third-order valence-corrected chi connectivity index (χ3v) is 7.07.